The number of rotatable bonds is 2. The van der Waals surface area contributed by atoms with Gasteiger partial charge < -0.3 is 10.5 Å². The van der Waals surface area contributed by atoms with Crippen molar-refractivity contribution in [3.63, 3.8) is 0 Å². The molecule has 0 bridgehead atoms. The van der Waals surface area contributed by atoms with Gasteiger partial charge in [0.15, 0.2) is 0 Å². The van der Waals surface area contributed by atoms with Gasteiger partial charge in [0.2, 0.25) is 5.88 Å². The molecule has 0 aliphatic carbocycles. The van der Waals surface area contributed by atoms with Crippen LogP contribution in [0.25, 0.3) is 0 Å². The fraction of sp³-hybridized carbons (Fsp3) is 0.143. The molecule has 0 amide bonds. The summed E-state index contributed by atoms with van der Waals surface area (Å²) in [4.78, 5) is 4.04. The molecule has 4 heteroatoms. The van der Waals surface area contributed by atoms with Crippen molar-refractivity contribution in [2.45, 2.75) is 13.8 Å². The first kappa shape index (κ1) is 11.9. The molecule has 1 aromatic carbocycles. The molecule has 2 N–H and O–H groups in total. The summed E-state index contributed by atoms with van der Waals surface area (Å²) in [5.74, 6) is 0.921. The van der Waals surface area contributed by atoms with Crippen LogP contribution in [0.4, 0.5) is 5.69 Å². The first-order valence-corrected chi connectivity index (χ1v) is 5.51. The highest BCUT2D eigenvalue weighted by atomic mass is 16.5. The molecule has 2 aromatic rings. The predicted octanol–water partition coefficient (Wildman–Crippen LogP) is 2.94. The molecule has 1 heterocycles. The maximum absolute atomic E-state index is 8.88. The number of nitriles is 1. The van der Waals surface area contributed by atoms with E-state index in [1.54, 1.807) is 6.07 Å². The summed E-state index contributed by atoms with van der Waals surface area (Å²) in [7, 11) is 0. The van der Waals surface area contributed by atoms with E-state index in [2.05, 4.69) is 4.98 Å². The summed E-state index contributed by atoms with van der Waals surface area (Å²) < 4.78 is 5.60. The van der Waals surface area contributed by atoms with E-state index in [1.165, 1.54) is 11.8 Å². The molecule has 0 saturated heterocycles. The number of nitrogen functional groups attached to an aromatic ring is 1. The lowest BCUT2D eigenvalue weighted by Gasteiger charge is -2.09. The quantitative estimate of drug-likeness (QED) is 0.874. The number of anilines is 1. The predicted molar refractivity (Wildman–Crippen MR) is 69.4 cm³/mol. The second-order valence-electron chi connectivity index (χ2n) is 4.04. The molecule has 4 nitrogen and oxygen atoms in total. The third-order valence-electron chi connectivity index (χ3n) is 2.77. The molecule has 0 fully saturated rings. The van der Waals surface area contributed by atoms with Crippen molar-refractivity contribution in [1.29, 1.82) is 5.26 Å². The topological polar surface area (TPSA) is 71.9 Å². The van der Waals surface area contributed by atoms with Gasteiger partial charge in [-0.2, -0.15) is 5.26 Å². The normalized spacial score (nSPS) is 9.83. The van der Waals surface area contributed by atoms with E-state index in [0.717, 1.165) is 5.56 Å². The van der Waals surface area contributed by atoms with Crippen molar-refractivity contribution in [2.75, 3.05) is 5.73 Å². The molecule has 18 heavy (non-hydrogen) atoms. The van der Waals surface area contributed by atoms with E-state index in [-0.39, 0.29) is 11.6 Å². The van der Waals surface area contributed by atoms with Gasteiger partial charge >= 0.3 is 0 Å². The number of pyridine rings is 1. The van der Waals surface area contributed by atoms with Gasteiger partial charge in [-0.05, 0) is 43.2 Å². The molecule has 0 radical (unpaired) electrons. The second kappa shape index (κ2) is 4.76. The zero-order valence-corrected chi connectivity index (χ0v) is 10.3. The Kier molecular flexibility index (Phi) is 3.16. The molecule has 90 valence electrons. The van der Waals surface area contributed by atoms with Crippen molar-refractivity contribution in [3.8, 4) is 17.7 Å². The molecule has 0 saturated carbocycles. The van der Waals surface area contributed by atoms with Crippen LogP contribution in [-0.4, -0.2) is 4.98 Å². The lowest BCUT2D eigenvalue weighted by Crippen LogP contribution is -1.98. The molecule has 0 aliphatic rings. The lowest BCUT2D eigenvalue weighted by molar-refractivity contribution is 0.465. The molecule has 1 aromatic heterocycles. The van der Waals surface area contributed by atoms with Crippen molar-refractivity contribution in [1.82, 2.24) is 4.98 Å². The molecular formula is C14H13N3O. The highest BCUT2D eigenvalue weighted by Crippen LogP contribution is 2.28. The van der Waals surface area contributed by atoms with Crippen molar-refractivity contribution in [2.24, 2.45) is 0 Å². The third-order valence-corrected chi connectivity index (χ3v) is 2.77. The van der Waals surface area contributed by atoms with E-state index >= 15 is 0 Å². The molecule has 2 rings (SSSR count). The minimum atomic E-state index is 0.261. The fourth-order valence-corrected chi connectivity index (χ4v) is 1.52. The molecule has 0 spiro atoms. The highest BCUT2D eigenvalue weighted by Gasteiger charge is 2.08. The van der Waals surface area contributed by atoms with Gasteiger partial charge in [0.25, 0.3) is 0 Å². The number of aryl methyl sites for hydroxylation is 2. The van der Waals surface area contributed by atoms with Gasteiger partial charge in [-0.15, -0.1) is 0 Å². The molecular weight excluding hydrogens is 226 g/mol. The SMILES string of the molecule is Cc1ccc(Oc2nccc(C#N)c2N)cc1C. The summed E-state index contributed by atoms with van der Waals surface area (Å²) in [6.07, 6.45) is 1.51. The number of benzene rings is 1. The molecule has 0 unspecified atom stereocenters. The van der Waals surface area contributed by atoms with Crippen LogP contribution in [0.2, 0.25) is 0 Å². The summed E-state index contributed by atoms with van der Waals surface area (Å²) in [6, 6.07) is 9.28. The van der Waals surface area contributed by atoms with Gasteiger partial charge in [0.1, 0.15) is 17.5 Å². The standard InChI is InChI=1S/C14H13N3O/c1-9-3-4-12(7-10(9)2)18-14-13(16)11(8-15)5-6-17-14/h3-7H,16H2,1-2H3. The smallest absolute Gasteiger partial charge is 0.244 e. The third kappa shape index (κ3) is 2.25. The number of nitrogens with two attached hydrogens (primary N) is 1. The van der Waals surface area contributed by atoms with Crippen LogP contribution in [0.15, 0.2) is 30.5 Å². The Morgan fingerprint density at radius 3 is 2.67 bits per heavy atom. The van der Waals surface area contributed by atoms with Crippen LogP contribution >= 0.6 is 0 Å². The van der Waals surface area contributed by atoms with Crippen LogP contribution in [-0.2, 0) is 0 Å². The minimum Gasteiger partial charge on any atom is -0.437 e. The second-order valence-corrected chi connectivity index (χ2v) is 4.04. The Labute approximate surface area is 106 Å². The Balaban J connectivity index is 2.35. The van der Waals surface area contributed by atoms with Gasteiger partial charge in [0.05, 0.1) is 5.56 Å². The largest absolute Gasteiger partial charge is 0.437 e. The zero-order valence-electron chi connectivity index (χ0n) is 10.3. The maximum Gasteiger partial charge on any atom is 0.244 e. The van der Waals surface area contributed by atoms with E-state index < -0.39 is 0 Å². The first-order chi connectivity index (χ1) is 8.61. The van der Waals surface area contributed by atoms with E-state index in [0.29, 0.717) is 11.3 Å². The van der Waals surface area contributed by atoms with Gasteiger partial charge in [0, 0.05) is 6.20 Å². The summed E-state index contributed by atoms with van der Waals surface area (Å²) >= 11 is 0. The molecule has 0 aliphatic heterocycles. The zero-order chi connectivity index (χ0) is 13.1. The van der Waals surface area contributed by atoms with Crippen LogP contribution in [0.5, 0.6) is 11.6 Å². The van der Waals surface area contributed by atoms with Crippen LogP contribution < -0.4 is 10.5 Å². The minimum absolute atomic E-state index is 0.261. The van der Waals surface area contributed by atoms with Crippen LogP contribution in [0.3, 0.4) is 0 Å². The lowest BCUT2D eigenvalue weighted by atomic mass is 10.1. The van der Waals surface area contributed by atoms with E-state index in [4.69, 9.17) is 15.7 Å². The Hall–Kier alpha value is -2.54. The van der Waals surface area contributed by atoms with Crippen molar-refractivity contribution in [3.05, 3.63) is 47.2 Å². The first-order valence-electron chi connectivity index (χ1n) is 5.51. The Bertz CT molecular complexity index is 629. The van der Waals surface area contributed by atoms with Gasteiger partial charge in [-0.1, -0.05) is 6.07 Å². The Morgan fingerprint density at radius 2 is 2.00 bits per heavy atom. The summed E-state index contributed by atoms with van der Waals surface area (Å²) in [6.45, 7) is 4.03. The van der Waals surface area contributed by atoms with Crippen molar-refractivity contribution >= 4 is 5.69 Å². The monoisotopic (exact) mass is 239 g/mol. The van der Waals surface area contributed by atoms with Gasteiger partial charge in [-0.25, -0.2) is 4.98 Å². The Morgan fingerprint density at radius 1 is 1.22 bits per heavy atom. The van der Waals surface area contributed by atoms with Crippen molar-refractivity contribution < 1.29 is 4.74 Å². The highest BCUT2D eigenvalue weighted by molar-refractivity contribution is 5.60. The number of aromatic nitrogens is 1. The summed E-state index contributed by atoms with van der Waals surface area (Å²) in [5, 5.41) is 8.88. The van der Waals surface area contributed by atoms with E-state index in [9.17, 15) is 0 Å². The number of nitrogens with zero attached hydrogens (tertiary/aromatic N) is 2. The number of ether oxygens (including phenoxy) is 1. The van der Waals surface area contributed by atoms with Crippen LogP contribution in [0.1, 0.15) is 16.7 Å². The summed E-state index contributed by atoms with van der Waals surface area (Å²) in [5.41, 5.74) is 8.74. The average Bonchev–Trinajstić information content (AvgIpc) is 2.36. The van der Waals surface area contributed by atoms with Gasteiger partial charge in [-0.3, -0.25) is 0 Å². The number of hydrogen-bond donors (Lipinski definition) is 1. The number of hydrogen-bond acceptors (Lipinski definition) is 4. The molecule has 0 atom stereocenters. The average molecular weight is 239 g/mol. The fourth-order valence-electron chi connectivity index (χ4n) is 1.52. The maximum atomic E-state index is 8.88. The van der Waals surface area contributed by atoms with Crippen LogP contribution in [0, 0.1) is 25.2 Å². The van der Waals surface area contributed by atoms with E-state index in [1.807, 2.05) is 38.1 Å².